The smallest absolute Gasteiger partial charge is 0.339 e. The van der Waals surface area contributed by atoms with Gasteiger partial charge in [-0.1, -0.05) is 11.6 Å². The van der Waals surface area contributed by atoms with Crippen LogP contribution in [-0.4, -0.2) is 86.9 Å². The van der Waals surface area contributed by atoms with Crippen LogP contribution in [0.15, 0.2) is 87.2 Å². The lowest BCUT2D eigenvalue weighted by Gasteiger charge is -2.37. The molecule has 2 aliphatic rings. The van der Waals surface area contributed by atoms with Gasteiger partial charge in [-0.3, -0.25) is 14.2 Å². The van der Waals surface area contributed by atoms with E-state index in [1.54, 1.807) is 45.9 Å². The zero-order chi connectivity index (χ0) is 44.6. The SMILES string of the molecule is COc1ccc2c(=O)[nH]cc(Br)c2c1.COc1ccc2c(=O)[nH]cc(N3CC(C)OC(C)C3)c2c1.COc1ccc2c(Cl)ncc(N3CC(C)OC(C)C3)c2c1.O=P(Cl)(Cl)Cl. The molecule has 0 amide bonds. The van der Waals surface area contributed by atoms with Crippen LogP contribution in [0.4, 0.5) is 11.4 Å². The van der Waals surface area contributed by atoms with Crippen LogP contribution in [0.3, 0.4) is 0 Å². The Bertz CT molecular complexity index is 2600. The van der Waals surface area contributed by atoms with E-state index in [-0.39, 0.29) is 35.5 Å². The molecule has 6 aromatic rings. The molecule has 0 spiro atoms. The van der Waals surface area contributed by atoms with Gasteiger partial charge in [-0.15, -0.1) is 0 Å². The van der Waals surface area contributed by atoms with Crippen molar-refractivity contribution in [3.8, 4) is 17.2 Å². The van der Waals surface area contributed by atoms with Crippen molar-refractivity contribution in [3.05, 3.63) is 104 Å². The molecule has 19 heteroatoms. The molecule has 0 saturated carbocycles. The number of fused-ring (bicyclic) bond motifs is 3. The molecule has 328 valence electrons. The van der Waals surface area contributed by atoms with E-state index in [2.05, 4.69) is 102 Å². The van der Waals surface area contributed by atoms with Gasteiger partial charge in [0.25, 0.3) is 11.1 Å². The monoisotopic (exact) mass is 999 g/mol. The maximum atomic E-state index is 12.0. The van der Waals surface area contributed by atoms with E-state index >= 15 is 0 Å². The van der Waals surface area contributed by atoms with Crippen molar-refractivity contribution in [1.82, 2.24) is 15.0 Å². The van der Waals surface area contributed by atoms with Gasteiger partial charge in [0.2, 0.25) is 0 Å². The van der Waals surface area contributed by atoms with E-state index in [4.69, 9.17) is 35.3 Å². The van der Waals surface area contributed by atoms with Gasteiger partial charge < -0.3 is 43.5 Å². The highest BCUT2D eigenvalue weighted by molar-refractivity contribution is 9.10. The molecule has 2 N–H and O–H groups in total. The molecule has 2 aliphatic heterocycles. The highest BCUT2D eigenvalue weighted by atomic mass is 79.9. The maximum Gasteiger partial charge on any atom is 0.339 e. The largest absolute Gasteiger partial charge is 0.497 e. The molecule has 0 aliphatic carbocycles. The first-order chi connectivity index (χ1) is 28.9. The van der Waals surface area contributed by atoms with E-state index in [0.29, 0.717) is 15.9 Å². The van der Waals surface area contributed by atoms with E-state index in [9.17, 15) is 14.2 Å². The summed E-state index contributed by atoms with van der Waals surface area (Å²) in [7, 11) is 4.90. The number of nitrogens with zero attached hydrogens (tertiary/aromatic N) is 3. The summed E-state index contributed by atoms with van der Waals surface area (Å²) in [6, 6.07) is 16.8. The summed E-state index contributed by atoms with van der Waals surface area (Å²) in [6.45, 7) is 11.6. The van der Waals surface area contributed by atoms with E-state index in [0.717, 1.165) is 80.8 Å². The van der Waals surface area contributed by atoms with E-state index in [1.807, 2.05) is 48.7 Å². The van der Waals surface area contributed by atoms with Gasteiger partial charge in [-0.25, -0.2) is 4.98 Å². The van der Waals surface area contributed by atoms with Crippen LogP contribution in [0.2, 0.25) is 5.15 Å². The first-order valence-corrected chi connectivity index (χ1v) is 24.6. The summed E-state index contributed by atoms with van der Waals surface area (Å²) in [5.74, 6) is 2.31. The van der Waals surface area contributed by atoms with Gasteiger partial charge >= 0.3 is 5.20 Å². The number of ether oxygens (including phenoxy) is 5. The first kappa shape index (κ1) is 48.3. The Kier molecular flexibility index (Phi) is 17.1. The number of rotatable bonds is 5. The molecule has 0 radical (unpaired) electrons. The quantitative estimate of drug-likeness (QED) is 0.126. The molecule has 8 rings (SSSR count). The molecule has 61 heavy (non-hydrogen) atoms. The van der Waals surface area contributed by atoms with Gasteiger partial charge in [-0.2, -0.15) is 0 Å². The molecule has 5 heterocycles. The molecule has 0 bridgehead atoms. The second-order valence-electron chi connectivity index (χ2n) is 14.4. The summed E-state index contributed by atoms with van der Waals surface area (Å²) >= 11 is 23.4. The Balaban J connectivity index is 0.000000167. The average Bonchev–Trinajstić information content (AvgIpc) is 3.21. The number of nitrogens with one attached hydrogen (secondary N) is 2. The number of hydrogen-bond donors (Lipinski definition) is 2. The van der Waals surface area contributed by atoms with Gasteiger partial charge in [0.1, 0.15) is 22.4 Å². The van der Waals surface area contributed by atoms with Gasteiger partial charge in [0.15, 0.2) is 0 Å². The van der Waals surface area contributed by atoms with Crippen molar-refractivity contribution in [1.29, 1.82) is 0 Å². The van der Waals surface area contributed by atoms with Crippen LogP contribution in [0.1, 0.15) is 27.7 Å². The Morgan fingerprint density at radius 1 is 0.639 bits per heavy atom. The number of anilines is 2. The third kappa shape index (κ3) is 13.2. The minimum Gasteiger partial charge on any atom is -0.497 e. The van der Waals surface area contributed by atoms with Gasteiger partial charge in [0, 0.05) is 75.4 Å². The molecule has 13 nitrogen and oxygen atoms in total. The van der Waals surface area contributed by atoms with E-state index in [1.165, 1.54) is 0 Å². The van der Waals surface area contributed by atoms with Crippen molar-refractivity contribution in [2.24, 2.45) is 0 Å². The lowest BCUT2D eigenvalue weighted by Crippen LogP contribution is -2.45. The predicted octanol–water partition coefficient (Wildman–Crippen LogP) is 10.8. The molecular weight excluding hydrogens is 955 g/mol. The van der Waals surface area contributed by atoms with Crippen LogP contribution < -0.4 is 35.1 Å². The second-order valence-corrected chi connectivity index (χ2v) is 22.2. The van der Waals surface area contributed by atoms with Crippen LogP contribution in [-0.2, 0) is 14.0 Å². The predicted molar refractivity (Wildman–Crippen MR) is 253 cm³/mol. The minimum absolute atomic E-state index is 0.0780. The lowest BCUT2D eigenvalue weighted by molar-refractivity contribution is -0.00542. The van der Waals surface area contributed by atoms with Crippen LogP contribution in [0.25, 0.3) is 32.3 Å². The van der Waals surface area contributed by atoms with Crippen LogP contribution in [0.5, 0.6) is 17.2 Å². The molecule has 2 saturated heterocycles. The maximum absolute atomic E-state index is 12.0. The Labute approximate surface area is 381 Å². The topological polar surface area (TPSA) is 148 Å². The molecule has 4 unspecified atom stereocenters. The van der Waals surface area contributed by atoms with Crippen molar-refractivity contribution >= 4 is 110 Å². The number of hydrogen-bond acceptors (Lipinski definition) is 11. The molecule has 4 atom stereocenters. The fraction of sp³-hybridized carbons (Fsp3) is 0.357. The number of pyridine rings is 3. The van der Waals surface area contributed by atoms with Crippen LogP contribution >= 0.6 is 66.5 Å². The van der Waals surface area contributed by atoms with Crippen molar-refractivity contribution in [3.63, 3.8) is 0 Å². The third-order valence-corrected chi connectivity index (χ3v) is 10.6. The molecule has 2 fully saturated rings. The fourth-order valence-corrected chi connectivity index (χ4v) is 7.90. The summed E-state index contributed by atoms with van der Waals surface area (Å²) in [6.07, 6.45) is 5.99. The zero-order valence-electron chi connectivity index (χ0n) is 34.5. The Morgan fingerprint density at radius 3 is 1.48 bits per heavy atom. The van der Waals surface area contributed by atoms with Crippen molar-refractivity contribution < 1.29 is 28.2 Å². The normalized spacial score (nSPS) is 18.9. The van der Waals surface area contributed by atoms with Crippen molar-refractivity contribution in [2.45, 2.75) is 52.1 Å². The number of benzene rings is 3. The highest BCUT2D eigenvalue weighted by Crippen LogP contribution is 2.61. The number of morpholine rings is 2. The minimum atomic E-state index is -3.22. The summed E-state index contributed by atoms with van der Waals surface area (Å²) in [5.41, 5.74) is 1.93. The third-order valence-electron chi connectivity index (χ3n) is 9.69. The fourth-order valence-electron chi connectivity index (χ4n) is 7.24. The number of methoxy groups -OCH3 is 3. The van der Waals surface area contributed by atoms with Crippen molar-refractivity contribution in [2.75, 3.05) is 57.3 Å². The Morgan fingerprint density at radius 2 is 1.02 bits per heavy atom. The summed E-state index contributed by atoms with van der Waals surface area (Å²) in [5, 5.41) is 2.41. The highest BCUT2D eigenvalue weighted by Gasteiger charge is 2.26. The number of aromatic amines is 2. The summed E-state index contributed by atoms with van der Waals surface area (Å²) < 4.78 is 37.7. The molecular formula is C42H47BrCl4N5O8P. The molecule has 3 aromatic heterocycles. The lowest BCUT2D eigenvalue weighted by atomic mass is 10.1. The van der Waals surface area contributed by atoms with Gasteiger partial charge in [-0.05, 0) is 132 Å². The zero-order valence-corrected chi connectivity index (χ0v) is 40.0. The Hall–Kier alpha value is -3.72. The second kappa shape index (κ2) is 21.6. The average molecular weight is 1000 g/mol. The number of aromatic nitrogens is 3. The van der Waals surface area contributed by atoms with Gasteiger partial charge in [0.05, 0.1) is 63.3 Å². The molecule has 3 aromatic carbocycles. The van der Waals surface area contributed by atoms with E-state index < -0.39 is 5.20 Å². The van der Waals surface area contributed by atoms with Crippen LogP contribution in [0, 0.1) is 0 Å². The standard InChI is InChI=1S/C16H19ClN2O2.C16H20N2O3.C10H8BrNO2.Cl3OP/c1-10-8-19(9-11(2)21-10)15-7-18-16(17)13-5-4-12(20-3)6-14(13)15;1-10-8-18(9-11(2)21-10)15-7-17-16(19)13-5-4-12(20-3)6-14(13)15;1-14-6-2-3-7-8(4-6)9(11)5-12-10(7)13;1-5(2,3)4/h4-7,10-11H,8-9H2,1-3H3;4-7,10-11H,8-9H2,1-3H3,(H,17,19);2-5H,1H3,(H,12,13);. The summed E-state index contributed by atoms with van der Waals surface area (Å²) in [4.78, 5) is 37.8. The number of H-pyrrole nitrogens is 2. The first-order valence-electron chi connectivity index (χ1n) is 19.0. The number of halogens is 5.